The number of benzene rings is 2. The molecule has 4 aliphatic rings. The first-order valence-corrected chi connectivity index (χ1v) is 17.0. The summed E-state index contributed by atoms with van der Waals surface area (Å²) < 4.78 is 2.08. The average molecular weight is 612 g/mol. The van der Waals surface area contributed by atoms with Gasteiger partial charge in [-0.05, 0) is 129 Å². The van der Waals surface area contributed by atoms with Crippen molar-refractivity contribution >= 4 is 22.7 Å². The van der Waals surface area contributed by atoms with Gasteiger partial charge in [0.05, 0.1) is 23.4 Å². The van der Waals surface area contributed by atoms with Crippen molar-refractivity contribution < 1.29 is 5.11 Å². The average Bonchev–Trinajstić information content (AvgIpc) is 3.55. The summed E-state index contributed by atoms with van der Waals surface area (Å²) >= 11 is 0. The van der Waals surface area contributed by atoms with Gasteiger partial charge in [0.2, 0.25) is 0 Å². The normalized spacial score (nSPS) is 27.8. The number of aromatic nitrogens is 4. The first kappa shape index (κ1) is 28.0. The van der Waals surface area contributed by atoms with Crippen molar-refractivity contribution in [3.05, 3.63) is 84.6 Å². The Bertz CT molecular complexity index is 1930. The lowest BCUT2D eigenvalue weighted by Crippen LogP contribution is -2.43. The number of hydrogen-bond acceptors (Lipinski definition) is 7. The van der Waals surface area contributed by atoms with Crippen LogP contribution >= 0.6 is 0 Å². The minimum Gasteiger partial charge on any atom is -0.391 e. The molecule has 8 heteroatoms. The van der Waals surface area contributed by atoms with Crippen LogP contribution in [0.25, 0.3) is 39.5 Å². The lowest BCUT2D eigenvalue weighted by Gasteiger charge is -2.38. The molecular weight excluding hydrogens is 570 g/mol. The molecule has 3 heterocycles. The van der Waals surface area contributed by atoms with Gasteiger partial charge in [0.1, 0.15) is 11.3 Å². The highest BCUT2D eigenvalue weighted by Crippen LogP contribution is 2.54. The minimum absolute atomic E-state index is 0.0887. The van der Waals surface area contributed by atoms with E-state index in [1.54, 1.807) is 6.20 Å². The minimum atomic E-state index is -0.310. The molecule has 9 rings (SSSR count). The lowest BCUT2D eigenvalue weighted by atomic mass is 9.73. The molecule has 0 aliphatic heterocycles. The third-order valence-corrected chi connectivity index (χ3v) is 11.7. The second-order valence-corrected chi connectivity index (χ2v) is 14.4. The molecule has 4 saturated carbocycles. The van der Waals surface area contributed by atoms with Gasteiger partial charge in [0.25, 0.3) is 0 Å². The summed E-state index contributed by atoms with van der Waals surface area (Å²) in [6.07, 6.45) is 10.7. The van der Waals surface area contributed by atoms with Crippen LogP contribution in [0.2, 0.25) is 0 Å². The number of aliphatic hydroxyl groups is 1. The summed E-state index contributed by atoms with van der Waals surface area (Å²) in [5.41, 5.74) is 20.1. The number of imidazole rings is 1. The first-order chi connectivity index (χ1) is 22.4. The van der Waals surface area contributed by atoms with Crippen LogP contribution in [0.1, 0.15) is 56.9 Å². The van der Waals surface area contributed by atoms with Gasteiger partial charge in [-0.15, -0.1) is 0 Å². The molecule has 6 atom stereocenters. The molecule has 3 bridgehead atoms. The van der Waals surface area contributed by atoms with Crippen LogP contribution < -0.4 is 16.8 Å². The van der Waals surface area contributed by atoms with Crippen LogP contribution in [0, 0.1) is 23.7 Å². The molecule has 0 saturated heterocycles. The van der Waals surface area contributed by atoms with Crippen molar-refractivity contribution in [3.63, 3.8) is 0 Å². The number of anilines is 2. The number of fused-ring (bicyclic) bond motifs is 3. The number of hydrogen-bond donors (Lipinski definition) is 4. The third kappa shape index (κ3) is 4.61. The van der Waals surface area contributed by atoms with Crippen molar-refractivity contribution in [1.82, 2.24) is 19.5 Å². The number of nitrogens with two attached hydrogens (primary N) is 2. The Kier molecular flexibility index (Phi) is 6.48. The van der Waals surface area contributed by atoms with Gasteiger partial charge in [0.15, 0.2) is 11.5 Å². The van der Waals surface area contributed by atoms with Gasteiger partial charge in [-0.2, -0.15) is 0 Å². The van der Waals surface area contributed by atoms with Crippen LogP contribution in [-0.4, -0.2) is 36.8 Å². The summed E-state index contributed by atoms with van der Waals surface area (Å²) in [5, 5.41) is 15.1. The van der Waals surface area contributed by atoms with Crippen molar-refractivity contribution in [2.24, 2.45) is 29.4 Å². The van der Waals surface area contributed by atoms with E-state index in [9.17, 15) is 5.11 Å². The van der Waals surface area contributed by atoms with Gasteiger partial charge in [0, 0.05) is 28.7 Å². The first-order valence-electron chi connectivity index (χ1n) is 17.0. The van der Waals surface area contributed by atoms with E-state index < -0.39 is 0 Å². The van der Waals surface area contributed by atoms with Crippen molar-refractivity contribution in [1.29, 1.82) is 0 Å². The molecule has 2 aromatic carbocycles. The highest BCUT2D eigenvalue weighted by Gasteiger charge is 2.48. The molecular formula is C38H41N7O. The van der Waals surface area contributed by atoms with Crippen LogP contribution in [0.3, 0.4) is 0 Å². The fraction of sp³-hybridized carbons (Fsp3) is 0.395. The van der Waals surface area contributed by atoms with Crippen LogP contribution in [0.5, 0.6) is 0 Å². The predicted molar refractivity (Wildman–Crippen MR) is 182 cm³/mol. The largest absolute Gasteiger partial charge is 0.391 e. The fourth-order valence-corrected chi connectivity index (χ4v) is 9.20. The zero-order valence-electron chi connectivity index (χ0n) is 26.0. The number of nitrogens with zero attached hydrogens (tertiary/aromatic N) is 4. The number of rotatable bonds is 6. The van der Waals surface area contributed by atoms with E-state index in [2.05, 4.69) is 63.4 Å². The second-order valence-electron chi connectivity index (χ2n) is 14.4. The molecule has 3 aromatic heterocycles. The van der Waals surface area contributed by atoms with Gasteiger partial charge >= 0.3 is 0 Å². The van der Waals surface area contributed by atoms with Crippen molar-refractivity contribution in [2.75, 3.05) is 11.1 Å². The maximum atomic E-state index is 11.3. The van der Waals surface area contributed by atoms with Crippen LogP contribution in [0.15, 0.2) is 79.0 Å². The summed E-state index contributed by atoms with van der Waals surface area (Å²) in [4.78, 5) is 14.6. The van der Waals surface area contributed by atoms with Crippen LogP contribution in [-0.2, 0) is 5.54 Å². The molecule has 4 aliphatic carbocycles. The number of nitrogen functional groups attached to an aromatic ring is 1. The summed E-state index contributed by atoms with van der Waals surface area (Å²) in [6.45, 7) is 0. The van der Waals surface area contributed by atoms with E-state index in [0.29, 0.717) is 23.5 Å². The molecule has 8 nitrogen and oxygen atoms in total. The quantitative estimate of drug-likeness (QED) is 0.169. The second kappa shape index (κ2) is 10.6. The Balaban J connectivity index is 1.09. The zero-order chi connectivity index (χ0) is 31.0. The monoisotopic (exact) mass is 611 g/mol. The van der Waals surface area contributed by atoms with E-state index in [-0.39, 0.29) is 17.7 Å². The van der Waals surface area contributed by atoms with Gasteiger partial charge in [-0.1, -0.05) is 24.3 Å². The molecule has 0 spiro atoms. The Hall–Kier alpha value is -4.27. The van der Waals surface area contributed by atoms with E-state index in [1.807, 2.05) is 24.3 Å². The van der Waals surface area contributed by atoms with E-state index >= 15 is 0 Å². The molecule has 4 unspecified atom stereocenters. The van der Waals surface area contributed by atoms with Crippen molar-refractivity contribution in [3.8, 4) is 28.3 Å². The predicted octanol–water partition coefficient (Wildman–Crippen LogP) is 6.67. The van der Waals surface area contributed by atoms with E-state index in [4.69, 9.17) is 21.4 Å². The summed E-state index contributed by atoms with van der Waals surface area (Å²) in [6, 6.07) is 24.9. The smallest absolute Gasteiger partial charge is 0.165 e. The number of pyridine rings is 2. The van der Waals surface area contributed by atoms with Gasteiger partial charge in [-0.25, -0.2) is 15.0 Å². The van der Waals surface area contributed by atoms with Crippen molar-refractivity contribution in [2.45, 2.75) is 69.1 Å². The van der Waals surface area contributed by atoms with E-state index in [0.717, 1.165) is 76.0 Å². The molecule has 0 radical (unpaired) electrons. The summed E-state index contributed by atoms with van der Waals surface area (Å²) in [5.74, 6) is 3.99. The standard InChI is InChI=1S/C38H41N7O/c39-35-30(6-2-15-41-35)36-44-32-12-11-31(43-37(32)45(36)29-9-7-27(8-10-29)38(40)13-3-14-38)23-4-1-5-28(20-23)42-34-26-18-22-16-24(19-26)25(17-22)21-33(34)46/h1-2,4-12,15,20,22,24-26,33-34,42,46H,3,13-14,16-19,21,40H2,(H2,39,41)/t22-,24?,25?,26?,33+,34?/m0/s1. The Labute approximate surface area is 269 Å². The third-order valence-electron chi connectivity index (χ3n) is 11.7. The maximum Gasteiger partial charge on any atom is 0.165 e. The topological polar surface area (TPSA) is 128 Å². The summed E-state index contributed by atoms with van der Waals surface area (Å²) in [7, 11) is 0. The highest BCUT2D eigenvalue weighted by molar-refractivity contribution is 5.84. The maximum absolute atomic E-state index is 11.3. The SMILES string of the molecule is Nc1ncccc1-c1nc2ccc(-c3cccc(NC4C5CC6C[C@@H](CC6C[C@H]4O)C5)c3)nc2n1-c1ccc(C2(N)CCC2)cc1. The number of aliphatic hydroxyl groups excluding tert-OH is 1. The lowest BCUT2D eigenvalue weighted by molar-refractivity contribution is 0.0970. The highest BCUT2D eigenvalue weighted by atomic mass is 16.3. The number of nitrogens with one attached hydrogen (secondary N) is 1. The Morgan fingerprint density at radius 3 is 2.43 bits per heavy atom. The van der Waals surface area contributed by atoms with Gasteiger partial charge < -0.3 is 21.9 Å². The zero-order valence-corrected chi connectivity index (χ0v) is 26.0. The molecule has 234 valence electrons. The Morgan fingerprint density at radius 2 is 1.65 bits per heavy atom. The molecule has 0 amide bonds. The fourth-order valence-electron chi connectivity index (χ4n) is 9.20. The Morgan fingerprint density at radius 1 is 0.848 bits per heavy atom. The van der Waals surface area contributed by atoms with E-state index in [1.165, 1.54) is 32.1 Å². The molecule has 46 heavy (non-hydrogen) atoms. The molecule has 6 N–H and O–H groups in total. The van der Waals surface area contributed by atoms with Gasteiger partial charge in [-0.3, -0.25) is 4.57 Å². The van der Waals surface area contributed by atoms with Crippen LogP contribution in [0.4, 0.5) is 11.5 Å². The molecule has 5 aromatic rings. The molecule has 4 fully saturated rings.